The summed E-state index contributed by atoms with van der Waals surface area (Å²) in [5.74, 6) is -1.88. The summed E-state index contributed by atoms with van der Waals surface area (Å²) < 4.78 is 13.8. The molecule has 138 valence electrons. The molecular formula is C16H16FN3O5S. The van der Waals surface area contributed by atoms with Gasteiger partial charge in [0.2, 0.25) is 5.88 Å². The van der Waals surface area contributed by atoms with Gasteiger partial charge in [-0.3, -0.25) is 14.8 Å². The maximum Gasteiger partial charge on any atom is 0.335 e. The average Bonchev–Trinajstić information content (AvgIpc) is 2.58. The van der Waals surface area contributed by atoms with Crippen molar-refractivity contribution >= 4 is 23.9 Å². The molecule has 26 heavy (non-hydrogen) atoms. The van der Waals surface area contributed by atoms with Crippen molar-refractivity contribution in [2.45, 2.75) is 12.5 Å². The minimum absolute atomic E-state index is 0.122. The molecule has 2 aromatic rings. The van der Waals surface area contributed by atoms with Gasteiger partial charge in [0, 0.05) is 6.21 Å². The number of nitrogens with one attached hydrogen (secondary N) is 1. The molecular weight excluding hydrogens is 365 g/mol. The first-order valence-electron chi connectivity index (χ1n) is 7.44. The molecule has 0 saturated carbocycles. The van der Waals surface area contributed by atoms with Crippen LogP contribution in [-0.2, 0) is 4.79 Å². The first-order chi connectivity index (χ1) is 12.3. The minimum atomic E-state index is -1.17. The molecule has 0 aliphatic heterocycles. The Bertz CT molecular complexity index is 936. The van der Waals surface area contributed by atoms with Crippen molar-refractivity contribution in [2.75, 3.05) is 12.0 Å². The van der Waals surface area contributed by atoms with Gasteiger partial charge in [-0.25, -0.2) is 18.5 Å². The highest BCUT2D eigenvalue weighted by Gasteiger charge is 2.17. The molecule has 2 rings (SSSR count). The SMILES string of the molecule is CSCC[C@@H](N=Cc1c(O)n(-c2ccc(F)cc2)c(=O)[nH]c1=O)C(=O)O. The van der Waals surface area contributed by atoms with E-state index < -0.39 is 35.0 Å². The molecule has 0 unspecified atom stereocenters. The number of aromatic amines is 1. The normalized spacial score (nSPS) is 12.4. The summed E-state index contributed by atoms with van der Waals surface area (Å²) in [6.45, 7) is 0. The van der Waals surface area contributed by atoms with Crippen molar-refractivity contribution in [1.29, 1.82) is 0 Å². The number of aromatic nitrogens is 2. The smallest absolute Gasteiger partial charge is 0.335 e. The van der Waals surface area contributed by atoms with Crippen molar-refractivity contribution in [3.8, 4) is 11.6 Å². The fraction of sp³-hybridized carbons (Fsp3) is 0.250. The first-order valence-corrected chi connectivity index (χ1v) is 8.83. The molecule has 10 heteroatoms. The summed E-state index contributed by atoms with van der Waals surface area (Å²) in [7, 11) is 0. The molecule has 0 aliphatic carbocycles. The lowest BCUT2D eigenvalue weighted by atomic mass is 10.2. The predicted molar refractivity (Wildman–Crippen MR) is 96.3 cm³/mol. The zero-order valence-corrected chi connectivity index (χ0v) is 14.5. The Hall–Kier alpha value is -2.88. The number of benzene rings is 1. The van der Waals surface area contributed by atoms with Crippen LogP contribution in [0.15, 0.2) is 38.8 Å². The van der Waals surface area contributed by atoms with E-state index >= 15 is 0 Å². The largest absolute Gasteiger partial charge is 0.493 e. The van der Waals surface area contributed by atoms with Crippen LogP contribution in [0.2, 0.25) is 0 Å². The highest BCUT2D eigenvalue weighted by Crippen LogP contribution is 2.16. The van der Waals surface area contributed by atoms with Crippen LogP contribution >= 0.6 is 11.8 Å². The van der Waals surface area contributed by atoms with Crippen molar-refractivity contribution in [3.63, 3.8) is 0 Å². The van der Waals surface area contributed by atoms with Crippen LogP contribution in [0.5, 0.6) is 5.88 Å². The van der Waals surface area contributed by atoms with Crippen molar-refractivity contribution in [2.24, 2.45) is 4.99 Å². The van der Waals surface area contributed by atoms with E-state index in [1.807, 2.05) is 11.2 Å². The standard InChI is InChI=1S/C16H16FN3O5S/c1-26-7-6-12(15(23)24)18-8-11-13(21)19-16(25)20(14(11)22)10-4-2-9(17)3-5-10/h2-5,8,12,22H,6-7H2,1H3,(H,23,24)(H,19,21,25)/t12-/m1/s1. The van der Waals surface area contributed by atoms with Crippen LogP contribution in [0, 0.1) is 5.82 Å². The third-order valence-electron chi connectivity index (χ3n) is 3.47. The van der Waals surface area contributed by atoms with E-state index in [1.54, 1.807) is 0 Å². The molecule has 8 nitrogen and oxygen atoms in total. The molecule has 0 aliphatic rings. The van der Waals surface area contributed by atoms with Gasteiger partial charge < -0.3 is 10.2 Å². The Kier molecular flexibility index (Phi) is 6.34. The number of hydrogen-bond acceptors (Lipinski definition) is 6. The number of carbonyl (C=O) groups is 1. The quantitative estimate of drug-likeness (QED) is 0.615. The monoisotopic (exact) mass is 381 g/mol. The second kappa shape index (κ2) is 8.48. The number of aromatic hydroxyl groups is 1. The Morgan fingerprint density at radius 3 is 2.62 bits per heavy atom. The molecule has 1 aromatic carbocycles. The van der Waals surface area contributed by atoms with Crippen LogP contribution in [0.4, 0.5) is 4.39 Å². The van der Waals surface area contributed by atoms with E-state index in [1.165, 1.54) is 23.9 Å². The number of aliphatic carboxylic acids is 1. The highest BCUT2D eigenvalue weighted by atomic mass is 32.2. The molecule has 3 N–H and O–H groups in total. The third kappa shape index (κ3) is 4.39. The van der Waals surface area contributed by atoms with Gasteiger partial charge in [-0.05, 0) is 42.7 Å². The summed E-state index contributed by atoms with van der Waals surface area (Å²) in [5.41, 5.74) is -2.08. The summed E-state index contributed by atoms with van der Waals surface area (Å²) in [4.78, 5) is 41.0. The van der Waals surface area contributed by atoms with E-state index in [0.29, 0.717) is 5.75 Å². The van der Waals surface area contributed by atoms with Gasteiger partial charge in [0.15, 0.2) is 0 Å². The molecule has 0 amide bonds. The lowest BCUT2D eigenvalue weighted by molar-refractivity contribution is -0.138. The van der Waals surface area contributed by atoms with Crippen molar-refractivity contribution in [1.82, 2.24) is 9.55 Å². The van der Waals surface area contributed by atoms with E-state index in [4.69, 9.17) is 5.11 Å². The zero-order valence-electron chi connectivity index (χ0n) is 13.7. The van der Waals surface area contributed by atoms with E-state index in [-0.39, 0.29) is 17.7 Å². The molecule has 1 heterocycles. The predicted octanol–water partition coefficient (Wildman–Crippen LogP) is 0.996. The molecule has 1 atom stereocenters. The van der Waals surface area contributed by atoms with Crippen LogP contribution in [0.3, 0.4) is 0 Å². The number of H-pyrrole nitrogens is 1. The molecule has 0 spiro atoms. The third-order valence-corrected chi connectivity index (χ3v) is 4.11. The van der Waals surface area contributed by atoms with Crippen LogP contribution in [0.1, 0.15) is 12.0 Å². The second-order valence-corrected chi connectivity index (χ2v) is 6.21. The van der Waals surface area contributed by atoms with Gasteiger partial charge in [-0.15, -0.1) is 0 Å². The van der Waals surface area contributed by atoms with E-state index in [9.17, 15) is 23.9 Å². The number of hydrogen-bond donors (Lipinski definition) is 3. The number of thioether (sulfide) groups is 1. The van der Waals surface area contributed by atoms with E-state index in [2.05, 4.69) is 4.99 Å². The van der Waals surface area contributed by atoms with Gasteiger partial charge >= 0.3 is 11.7 Å². The number of aliphatic imine (C=N–C) groups is 1. The molecule has 0 radical (unpaired) electrons. The summed E-state index contributed by atoms with van der Waals surface area (Å²) in [6, 6.07) is 3.57. The van der Waals surface area contributed by atoms with Gasteiger partial charge in [-0.1, -0.05) is 0 Å². The summed E-state index contributed by atoms with van der Waals surface area (Å²) >= 11 is 1.45. The Morgan fingerprint density at radius 2 is 2.04 bits per heavy atom. The lowest BCUT2D eigenvalue weighted by Gasteiger charge is -2.10. The van der Waals surface area contributed by atoms with Gasteiger partial charge in [-0.2, -0.15) is 11.8 Å². The fourth-order valence-corrected chi connectivity index (χ4v) is 2.60. The van der Waals surface area contributed by atoms with Gasteiger partial charge in [0.05, 0.1) is 5.69 Å². The van der Waals surface area contributed by atoms with Crippen molar-refractivity contribution < 1.29 is 19.4 Å². The van der Waals surface area contributed by atoms with Crippen LogP contribution < -0.4 is 11.2 Å². The molecule has 0 saturated heterocycles. The molecule has 1 aromatic heterocycles. The van der Waals surface area contributed by atoms with Gasteiger partial charge in [0.1, 0.15) is 17.4 Å². The second-order valence-electron chi connectivity index (χ2n) is 5.22. The molecule has 0 bridgehead atoms. The average molecular weight is 381 g/mol. The number of nitrogens with zero attached hydrogens (tertiary/aromatic N) is 2. The lowest BCUT2D eigenvalue weighted by Crippen LogP contribution is -2.31. The number of carboxylic acids is 1. The highest BCUT2D eigenvalue weighted by molar-refractivity contribution is 7.98. The van der Waals surface area contributed by atoms with Gasteiger partial charge in [0.25, 0.3) is 5.56 Å². The Balaban J connectivity index is 2.49. The maximum absolute atomic E-state index is 13.0. The summed E-state index contributed by atoms with van der Waals surface area (Å²) in [6.07, 6.45) is 2.98. The number of halogens is 1. The first kappa shape index (κ1) is 19.4. The minimum Gasteiger partial charge on any atom is -0.493 e. The van der Waals surface area contributed by atoms with E-state index in [0.717, 1.165) is 22.9 Å². The fourth-order valence-electron chi connectivity index (χ4n) is 2.14. The van der Waals surface area contributed by atoms with Crippen LogP contribution in [0.25, 0.3) is 5.69 Å². The van der Waals surface area contributed by atoms with Crippen molar-refractivity contribution in [3.05, 3.63) is 56.5 Å². The maximum atomic E-state index is 13.0. The topological polar surface area (TPSA) is 125 Å². The van der Waals surface area contributed by atoms with Crippen LogP contribution in [-0.4, -0.2) is 50.0 Å². The summed E-state index contributed by atoms with van der Waals surface area (Å²) in [5, 5.41) is 19.5. The number of carboxylic acid groups (broad SMARTS) is 1. The Labute approximate surface area is 151 Å². The Morgan fingerprint density at radius 1 is 1.38 bits per heavy atom. The molecule has 0 fully saturated rings. The number of rotatable bonds is 7. The zero-order chi connectivity index (χ0) is 19.3.